The van der Waals surface area contributed by atoms with Gasteiger partial charge in [0.15, 0.2) is 9.84 Å². The number of sulfone groups is 1. The summed E-state index contributed by atoms with van der Waals surface area (Å²) in [7, 11) is -3.96. The van der Waals surface area contributed by atoms with Crippen LogP contribution in [0.3, 0.4) is 0 Å². The van der Waals surface area contributed by atoms with E-state index < -0.39 is 51.7 Å². The first kappa shape index (κ1) is 29.3. The zero-order chi connectivity index (χ0) is 29.5. The third-order valence-corrected chi connectivity index (χ3v) is 7.09. The molecule has 14 heteroatoms. The minimum atomic E-state index is -4.93. The maximum absolute atomic E-state index is 13.9. The molecule has 0 aromatic heterocycles. The number of likely N-dealkylation sites (tertiary alicyclic amines) is 1. The Labute approximate surface area is 223 Å². The lowest BCUT2D eigenvalue weighted by molar-refractivity contribution is -0.275. The molecule has 0 atom stereocenters. The van der Waals surface area contributed by atoms with E-state index in [0.29, 0.717) is 22.8 Å². The molecule has 0 spiro atoms. The van der Waals surface area contributed by atoms with Crippen molar-refractivity contribution in [3.05, 3.63) is 101 Å². The fraction of sp³-hybridized carbons (Fsp3) is 0.231. The van der Waals surface area contributed by atoms with E-state index in [-0.39, 0.29) is 23.6 Å². The average Bonchev–Trinajstić information content (AvgIpc) is 2.76. The zero-order valence-corrected chi connectivity index (χ0v) is 21.2. The number of rotatable bonds is 7. The maximum atomic E-state index is 13.9. The number of nitrogens with zero attached hydrogens (tertiary/aromatic N) is 1. The van der Waals surface area contributed by atoms with Gasteiger partial charge in [0.05, 0.1) is 10.9 Å². The van der Waals surface area contributed by atoms with Gasteiger partial charge >= 0.3 is 12.7 Å². The van der Waals surface area contributed by atoms with E-state index in [4.69, 9.17) is 0 Å². The predicted molar refractivity (Wildman–Crippen MR) is 128 cm³/mol. The van der Waals surface area contributed by atoms with Crippen LogP contribution in [0, 0.1) is 11.6 Å². The summed E-state index contributed by atoms with van der Waals surface area (Å²) in [4.78, 5) is 1.42. The van der Waals surface area contributed by atoms with Crippen molar-refractivity contribution in [2.45, 2.75) is 18.8 Å². The van der Waals surface area contributed by atoms with Gasteiger partial charge in [0.1, 0.15) is 23.1 Å². The topological polar surface area (TPSA) is 55.8 Å². The molecule has 0 unspecified atom stereocenters. The number of hydrogen-bond acceptors (Lipinski definition) is 5. The van der Waals surface area contributed by atoms with E-state index in [9.17, 15) is 43.5 Å². The Balaban J connectivity index is 1.71. The van der Waals surface area contributed by atoms with Crippen molar-refractivity contribution in [2.75, 3.05) is 19.3 Å². The standard InChI is InChI=1S/C26H19F8NO4S/c1-40(36,37)24(17-10-19(27)12-20(28)11-17)18-13-35(14-18)23(15-2-6-21(7-3-15)38-25(29,30)31)16-4-8-22(9-5-16)39-26(32,33)34/h2-12,23H,13-14H2,1H3. The van der Waals surface area contributed by atoms with Crippen LogP contribution in [-0.4, -0.2) is 45.4 Å². The Bertz CT molecular complexity index is 1430. The average molecular weight is 593 g/mol. The number of alkyl halides is 6. The van der Waals surface area contributed by atoms with Crippen molar-refractivity contribution in [3.8, 4) is 11.5 Å². The first-order chi connectivity index (χ1) is 18.5. The molecule has 0 radical (unpaired) electrons. The second-order valence-electron chi connectivity index (χ2n) is 8.90. The molecule has 1 heterocycles. The van der Waals surface area contributed by atoms with Crippen LogP contribution in [0.25, 0.3) is 4.91 Å². The Morgan fingerprint density at radius 1 is 0.750 bits per heavy atom. The van der Waals surface area contributed by atoms with Gasteiger partial charge in [-0.2, -0.15) is 0 Å². The van der Waals surface area contributed by atoms with Gasteiger partial charge in [0.2, 0.25) is 0 Å². The molecule has 1 fully saturated rings. The molecule has 1 aliphatic rings. The third kappa shape index (κ3) is 7.30. The molecule has 0 saturated carbocycles. The van der Waals surface area contributed by atoms with E-state index in [2.05, 4.69) is 9.47 Å². The lowest BCUT2D eigenvalue weighted by Crippen LogP contribution is -2.44. The quantitative estimate of drug-likeness (QED) is 0.288. The van der Waals surface area contributed by atoms with Gasteiger partial charge in [-0.15, -0.1) is 26.3 Å². The van der Waals surface area contributed by atoms with Gasteiger partial charge in [0, 0.05) is 25.4 Å². The summed E-state index contributed by atoms with van der Waals surface area (Å²) in [6.45, 7) is -0.0698. The van der Waals surface area contributed by atoms with Crippen LogP contribution in [0.4, 0.5) is 35.1 Å². The van der Waals surface area contributed by atoms with E-state index >= 15 is 0 Å². The van der Waals surface area contributed by atoms with Crippen LogP contribution in [0.1, 0.15) is 22.7 Å². The number of halogens is 8. The lowest BCUT2D eigenvalue weighted by Gasteiger charge is -2.42. The fourth-order valence-electron chi connectivity index (χ4n) is 4.45. The van der Waals surface area contributed by atoms with E-state index in [1.165, 1.54) is 24.3 Å². The third-order valence-electron chi connectivity index (χ3n) is 5.83. The van der Waals surface area contributed by atoms with E-state index in [1.54, 1.807) is 4.90 Å². The van der Waals surface area contributed by atoms with E-state index in [0.717, 1.165) is 42.7 Å². The van der Waals surface area contributed by atoms with Crippen molar-refractivity contribution in [1.29, 1.82) is 0 Å². The summed E-state index contributed by atoms with van der Waals surface area (Å²) in [5, 5.41) is 0. The summed E-state index contributed by atoms with van der Waals surface area (Å²) in [5.74, 6) is -2.96. The summed E-state index contributed by atoms with van der Waals surface area (Å²) in [6.07, 6.45) is -8.97. The van der Waals surface area contributed by atoms with Gasteiger partial charge in [0.25, 0.3) is 0 Å². The zero-order valence-electron chi connectivity index (χ0n) is 20.4. The SMILES string of the molecule is CS(=O)(=O)C(=C1CN(C(c2ccc(OC(F)(F)F)cc2)c2ccc(OC(F)(F)F)cc2)C1)c1cc(F)cc(F)c1. The van der Waals surface area contributed by atoms with Crippen LogP contribution >= 0.6 is 0 Å². The molecule has 1 saturated heterocycles. The lowest BCUT2D eigenvalue weighted by atomic mass is 9.92. The Morgan fingerprint density at radius 3 is 1.50 bits per heavy atom. The summed E-state index contributed by atoms with van der Waals surface area (Å²) >= 11 is 0. The molecule has 40 heavy (non-hydrogen) atoms. The van der Waals surface area contributed by atoms with Crippen LogP contribution in [0.2, 0.25) is 0 Å². The molecule has 4 rings (SSSR count). The fourth-order valence-corrected chi connectivity index (χ4v) is 5.65. The molecule has 0 aliphatic carbocycles. The first-order valence-corrected chi connectivity index (χ1v) is 13.2. The number of hydrogen-bond donors (Lipinski definition) is 0. The Morgan fingerprint density at radius 2 is 1.15 bits per heavy atom. The van der Waals surface area contributed by atoms with Crippen LogP contribution in [-0.2, 0) is 9.84 Å². The van der Waals surface area contributed by atoms with Crippen molar-refractivity contribution in [2.24, 2.45) is 0 Å². The number of benzene rings is 3. The highest BCUT2D eigenvalue weighted by Gasteiger charge is 2.36. The number of ether oxygens (including phenoxy) is 2. The van der Waals surface area contributed by atoms with Crippen LogP contribution < -0.4 is 9.47 Å². The minimum absolute atomic E-state index is 0.0349. The second-order valence-corrected chi connectivity index (χ2v) is 10.9. The van der Waals surface area contributed by atoms with Crippen molar-refractivity contribution >= 4 is 14.7 Å². The molecule has 1 aliphatic heterocycles. The molecule has 3 aromatic carbocycles. The molecule has 3 aromatic rings. The van der Waals surface area contributed by atoms with E-state index in [1.807, 2.05) is 0 Å². The first-order valence-electron chi connectivity index (χ1n) is 11.3. The highest BCUT2D eigenvalue weighted by atomic mass is 32.2. The smallest absolute Gasteiger partial charge is 0.406 e. The molecular weight excluding hydrogens is 574 g/mol. The van der Waals surface area contributed by atoms with Crippen molar-refractivity contribution in [3.63, 3.8) is 0 Å². The van der Waals surface area contributed by atoms with Gasteiger partial charge < -0.3 is 9.47 Å². The molecule has 0 bridgehead atoms. The predicted octanol–water partition coefficient (Wildman–Crippen LogP) is 6.62. The molecule has 0 N–H and O–H groups in total. The van der Waals surface area contributed by atoms with Gasteiger partial charge in [-0.05, 0) is 58.7 Å². The van der Waals surface area contributed by atoms with Gasteiger partial charge in [-0.25, -0.2) is 17.2 Å². The van der Waals surface area contributed by atoms with Crippen LogP contribution in [0.15, 0.2) is 72.3 Å². The van der Waals surface area contributed by atoms with Gasteiger partial charge in [-0.3, -0.25) is 4.90 Å². The summed E-state index contributed by atoms with van der Waals surface area (Å²) < 4.78 is 136. The maximum Gasteiger partial charge on any atom is 0.573 e. The van der Waals surface area contributed by atoms with Crippen LogP contribution in [0.5, 0.6) is 11.5 Å². The highest BCUT2D eigenvalue weighted by molar-refractivity contribution is 8.00. The largest absolute Gasteiger partial charge is 0.573 e. The summed E-state index contributed by atoms with van der Waals surface area (Å²) in [6, 6.07) is 11.1. The molecule has 214 valence electrons. The molecular formula is C26H19F8NO4S. The molecule has 0 amide bonds. The molecule has 5 nitrogen and oxygen atoms in total. The monoisotopic (exact) mass is 593 g/mol. The van der Waals surface area contributed by atoms with Crippen molar-refractivity contribution < 1.29 is 53.0 Å². The summed E-state index contributed by atoms with van der Waals surface area (Å²) in [5.41, 5.74) is 0.951. The Kier molecular flexibility index (Phi) is 7.87. The Hall–Kier alpha value is -3.65. The van der Waals surface area contributed by atoms with Crippen molar-refractivity contribution in [1.82, 2.24) is 4.90 Å². The minimum Gasteiger partial charge on any atom is -0.406 e. The highest BCUT2D eigenvalue weighted by Crippen LogP contribution is 2.39. The normalized spacial score (nSPS) is 14.7. The second kappa shape index (κ2) is 10.7. The van der Waals surface area contributed by atoms with Gasteiger partial charge in [-0.1, -0.05) is 24.3 Å².